The van der Waals surface area contributed by atoms with Crippen LogP contribution in [0, 0.1) is 21.7 Å². The fraction of sp³-hybridized carbons (Fsp3) is 0.0909. The van der Waals surface area contributed by atoms with E-state index in [2.05, 4.69) is 24.9 Å². The van der Waals surface area contributed by atoms with Crippen LogP contribution in [-0.2, 0) is 9.63 Å². The number of aromatic nitrogens is 2. The molecule has 0 amide bonds. The van der Waals surface area contributed by atoms with E-state index in [0.717, 1.165) is 17.0 Å². The first-order chi connectivity index (χ1) is 11.4. The average molecular weight is 337 g/mol. The number of hydrogen-bond acceptors (Lipinski definition) is 8. The zero-order valence-corrected chi connectivity index (χ0v) is 11.8. The maximum absolute atomic E-state index is 13.5. The van der Waals surface area contributed by atoms with Crippen molar-refractivity contribution in [1.29, 1.82) is 0 Å². The molecule has 2 rings (SSSR count). The number of halogens is 2. The van der Waals surface area contributed by atoms with Gasteiger partial charge in [0.1, 0.15) is 7.85 Å². The first-order valence-electron chi connectivity index (χ1n) is 5.99. The average Bonchev–Trinajstić information content (AvgIpc) is 3.02. The molecule has 13 heteroatoms. The highest BCUT2D eigenvalue weighted by molar-refractivity contribution is 6.33. The largest absolute Gasteiger partial charge is 0.446 e. The van der Waals surface area contributed by atoms with Crippen LogP contribution in [0.4, 0.5) is 20.3 Å². The van der Waals surface area contributed by atoms with Crippen LogP contribution in [0.15, 0.2) is 21.9 Å². The van der Waals surface area contributed by atoms with Gasteiger partial charge in [0, 0.05) is 18.8 Å². The minimum absolute atomic E-state index is 0.0584. The van der Waals surface area contributed by atoms with Gasteiger partial charge in [-0.1, -0.05) is 10.6 Å². The van der Waals surface area contributed by atoms with Gasteiger partial charge in [-0.3, -0.25) is 4.79 Å². The molecule has 0 saturated heterocycles. The van der Waals surface area contributed by atoms with Crippen LogP contribution >= 0.6 is 0 Å². The fourth-order valence-corrected chi connectivity index (χ4v) is 1.69. The molecule has 0 aliphatic rings. The second-order valence-corrected chi connectivity index (χ2v) is 4.20. The highest BCUT2D eigenvalue weighted by Crippen LogP contribution is 2.21. The zero-order chi connectivity index (χ0) is 17.9. The van der Waals surface area contributed by atoms with Gasteiger partial charge in [-0.25, -0.2) is 8.78 Å². The van der Waals surface area contributed by atoms with Gasteiger partial charge in [-0.05, 0) is 16.1 Å². The Hall–Kier alpha value is -3.38. The lowest BCUT2D eigenvalue weighted by Gasteiger charge is -2.19. The number of carbonyl (C=O) groups is 1. The van der Waals surface area contributed by atoms with E-state index >= 15 is 0 Å². The molecule has 2 radical (unpaired) electrons. The van der Waals surface area contributed by atoms with Crippen LogP contribution < -0.4 is 10.4 Å². The van der Waals surface area contributed by atoms with E-state index in [0.29, 0.717) is 0 Å². The van der Waals surface area contributed by atoms with Crippen molar-refractivity contribution < 1.29 is 28.0 Å². The highest BCUT2D eigenvalue weighted by Gasteiger charge is 2.31. The van der Waals surface area contributed by atoms with Crippen LogP contribution in [0.3, 0.4) is 0 Å². The topological polar surface area (TPSA) is 124 Å². The van der Waals surface area contributed by atoms with Crippen LogP contribution in [0.25, 0.3) is 0 Å². The van der Waals surface area contributed by atoms with Gasteiger partial charge in [0.05, 0.1) is 0 Å². The van der Waals surface area contributed by atoms with Gasteiger partial charge in [-0.15, -0.1) is 4.63 Å². The van der Waals surface area contributed by atoms with Crippen LogP contribution in [0.5, 0.6) is 0 Å². The smallest absolute Gasteiger partial charge is 0.358 e. The number of oxime groups is 1. The van der Waals surface area contributed by atoms with Gasteiger partial charge >= 0.3 is 12.3 Å². The van der Waals surface area contributed by atoms with Crippen molar-refractivity contribution in [2.45, 2.75) is 0 Å². The Morgan fingerprint density at radius 2 is 2.21 bits per heavy atom. The summed E-state index contributed by atoms with van der Waals surface area (Å²) < 4.78 is 31.0. The van der Waals surface area contributed by atoms with Crippen molar-refractivity contribution >= 4 is 37.1 Å². The first kappa shape index (κ1) is 17.0. The summed E-state index contributed by atoms with van der Waals surface area (Å²) in [6.45, 7) is -0.0627. The van der Waals surface area contributed by atoms with Gasteiger partial charge in [0.2, 0.25) is 5.84 Å². The molecule has 0 atom stereocenters. The zero-order valence-electron chi connectivity index (χ0n) is 11.8. The van der Waals surface area contributed by atoms with Crippen LogP contribution in [-0.4, -0.2) is 42.4 Å². The molecule has 0 N–H and O–H groups in total. The third kappa shape index (κ3) is 3.18. The number of nitrogens with zero attached hydrogens (tertiary/aromatic N) is 5. The molecular weight excluding hydrogens is 331 g/mol. The van der Waals surface area contributed by atoms with Crippen molar-refractivity contribution in [3.05, 3.63) is 39.6 Å². The van der Waals surface area contributed by atoms with Crippen molar-refractivity contribution in [3.63, 3.8) is 0 Å². The molecule has 122 valence electrons. The molecule has 1 aromatic heterocycles. The summed E-state index contributed by atoms with van der Waals surface area (Å²) in [4.78, 5) is 25.5. The Morgan fingerprint density at radius 1 is 1.50 bits per heavy atom. The molecule has 0 spiro atoms. The summed E-state index contributed by atoms with van der Waals surface area (Å²) in [5.74, 6) is -3.78. The number of benzene rings is 1. The molecule has 0 fully saturated rings. The third-order valence-electron chi connectivity index (χ3n) is 2.78. The monoisotopic (exact) mass is 337 g/mol. The predicted molar refractivity (Wildman–Crippen MR) is 74.8 cm³/mol. The molecular formula is C11H6BF2N5O5. The molecule has 0 unspecified atom stereocenters. The Labute approximate surface area is 133 Å². The quantitative estimate of drug-likeness (QED) is 0.142. The van der Waals surface area contributed by atoms with Gasteiger partial charge < -0.3 is 19.9 Å². The Balaban J connectivity index is 2.54. The fourth-order valence-electron chi connectivity index (χ4n) is 1.69. The van der Waals surface area contributed by atoms with Gasteiger partial charge in [0.15, 0.2) is 16.8 Å². The number of carbonyl (C=O) groups excluding carboxylic acids is 1. The molecule has 0 aliphatic carbocycles. The summed E-state index contributed by atoms with van der Waals surface area (Å²) in [6.07, 6.45) is 0. The first-order valence-corrected chi connectivity index (χ1v) is 5.99. The minimum Gasteiger partial charge on any atom is -0.358 e. The molecule has 0 bridgehead atoms. The van der Waals surface area contributed by atoms with E-state index in [4.69, 9.17) is 7.85 Å². The number of rotatable bonds is 5. The summed E-state index contributed by atoms with van der Waals surface area (Å²) in [6, 6.07) is 1.79. The summed E-state index contributed by atoms with van der Waals surface area (Å²) in [7, 11) is 6.59. The SMILES string of the molecule is [B]c1cc(N(C)/C(=N\OC=O)c2nonc2[N+](=O)[O-])cc(F)c1F. The summed E-state index contributed by atoms with van der Waals surface area (Å²) in [5.41, 5.74) is -1.08. The second-order valence-electron chi connectivity index (χ2n) is 4.20. The Morgan fingerprint density at radius 3 is 2.79 bits per heavy atom. The lowest BCUT2D eigenvalue weighted by atomic mass is 9.94. The van der Waals surface area contributed by atoms with Gasteiger partial charge in [0.25, 0.3) is 5.69 Å². The van der Waals surface area contributed by atoms with E-state index in [1.165, 1.54) is 7.05 Å². The minimum atomic E-state index is -1.26. The van der Waals surface area contributed by atoms with Crippen molar-refractivity contribution in [2.75, 3.05) is 11.9 Å². The number of hydrogen-bond donors (Lipinski definition) is 0. The van der Waals surface area contributed by atoms with Crippen LogP contribution in [0.1, 0.15) is 5.69 Å². The molecule has 2 aromatic rings. The third-order valence-corrected chi connectivity index (χ3v) is 2.78. The van der Waals surface area contributed by atoms with Gasteiger partial charge in [-0.2, -0.15) is 0 Å². The number of amidine groups is 1. The van der Waals surface area contributed by atoms with Crippen molar-refractivity contribution in [2.24, 2.45) is 5.16 Å². The normalized spacial score (nSPS) is 11.2. The number of anilines is 1. The molecule has 24 heavy (non-hydrogen) atoms. The Kier molecular flexibility index (Phi) is 4.82. The molecule has 0 aliphatic heterocycles. The standard InChI is InChI=1S/C11H6BF2N5O5/c1-18(5-2-6(12)8(14)7(13)3-5)10(16-23-4-20)9-11(19(21)22)17-24-15-9/h2-4H,1H3/b16-10-. The van der Waals surface area contributed by atoms with E-state index in [9.17, 15) is 23.7 Å². The van der Waals surface area contributed by atoms with E-state index in [1.54, 1.807) is 0 Å². The molecule has 0 saturated carbocycles. The maximum atomic E-state index is 13.5. The Bertz CT molecular complexity index is 804. The number of nitro groups is 1. The summed E-state index contributed by atoms with van der Waals surface area (Å²) in [5, 5.41) is 20.6. The summed E-state index contributed by atoms with van der Waals surface area (Å²) >= 11 is 0. The highest BCUT2D eigenvalue weighted by atomic mass is 19.2. The lowest BCUT2D eigenvalue weighted by Crippen LogP contribution is -2.30. The van der Waals surface area contributed by atoms with E-state index in [-0.39, 0.29) is 12.2 Å². The molecule has 10 nitrogen and oxygen atoms in total. The molecule has 1 heterocycles. The van der Waals surface area contributed by atoms with E-state index < -0.39 is 39.4 Å². The second kappa shape index (κ2) is 6.81. The lowest BCUT2D eigenvalue weighted by molar-refractivity contribution is -0.391. The van der Waals surface area contributed by atoms with Crippen LogP contribution in [0.2, 0.25) is 0 Å². The maximum Gasteiger partial charge on any atom is 0.446 e. The molecule has 1 aromatic carbocycles. The van der Waals surface area contributed by atoms with Crippen molar-refractivity contribution in [1.82, 2.24) is 10.3 Å². The van der Waals surface area contributed by atoms with E-state index in [1.807, 2.05) is 0 Å². The predicted octanol–water partition coefficient (Wildman–Crippen LogP) is 0.0208. The van der Waals surface area contributed by atoms with Crippen molar-refractivity contribution in [3.8, 4) is 0 Å².